The summed E-state index contributed by atoms with van der Waals surface area (Å²) in [4.78, 5) is 10.6. The topological polar surface area (TPSA) is 86.4 Å². The number of nitrogens with zero attached hydrogens (tertiary/aromatic N) is 5. The summed E-state index contributed by atoms with van der Waals surface area (Å²) in [7, 11) is 1.60. The molecule has 2 fully saturated rings. The molecule has 4 heterocycles. The third-order valence-corrected chi connectivity index (χ3v) is 4.49. The Morgan fingerprint density at radius 3 is 3.05 bits per heavy atom. The fraction of sp³-hybridized carbons (Fsp3) is 0.571. The molecule has 22 heavy (non-hydrogen) atoms. The van der Waals surface area contributed by atoms with Gasteiger partial charge in [0.15, 0.2) is 0 Å². The Kier molecular flexibility index (Phi) is 3.00. The maximum absolute atomic E-state index is 5.71. The number of aromatic nitrogens is 4. The first-order valence-electron chi connectivity index (χ1n) is 7.20. The monoisotopic (exact) mass is 303 g/mol. The van der Waals surface area contributed by atoms with E-state index in [1.165, 1.54) is 6.33 Å². The quantitative estimate of drug-likeness (QED) is 0.814. The Bertz CT molecular complexity index is 691. The van der Waals surface area contributed by atoms with Crippen molar-refractivity contribution in [2.75, 3.05) is 38.3 Å². The van der Waals surface area contributed by atoms with Crippen LogP contribution in [0.2, 0.25) is 0 Å². The van der Waals surface area contributed by atoms with Gasteiger partial charge < -0.3 is 18.8 Å². The molecular weight excluding hydrogens is 286 g/mol. The molecule has 0 amide bonds. The van der Waals surface area contributed by atoms with Crippen LogP contribution >= 0.6 is 0 Å². The lowest BCUT2D eigenvalue weighted by Crippen LogP contribution is -2.36. The van der Waals surface area contributed by atoms with Crippen molar-refractivity contribution in [2.24, 2.45) is 5.92 Å². The lowest BCUT2D eigenvalue weighted by molar-refractivity contribution is 0.166. The largest absolute Gasteiger partial charge is 0.481 e. The van der Waals surface area contributed by atoms with Crippen LogP contribution in [0.5, 0.6) is 5.88 Å². The average molecular weight is 303 g/mol. The van der Waals surface area contributed by atoms with Gasteiger partial charge in [-0.3, -0.25) is 0 Å². The Balaban J connectivity index is 1.67. The Morgan fingerprint density at radius 1 is 1.36 bits per heavy atom. The van der Waals surface area contributed by atoms with Gasteiger partial charge in [0.25, 0.3) is 0 Å². The smallest absolute Gasteiger partial charge is 0.227 e. The minimum absolute atomic E-state index is 0.251. The molecule has 0 saturated carbocycles. The van der Waals surface area contributed by atoms with Crippen molar-refractivity contribution < 1.29 is 13.9 Å². The molecule has 0 radical (unpaired) electrons. The van der Waals surface area contributed by atoms with Gasteiger partial charge in [0.2, 0.25) is 17.7 Å². The van der Waals surface area contributed by atoms with Gasteiger partial charge in [-0.25, -0.2) is 9.97 Å². The van der Waals surface area contributed by atoms with Crippen molar-refractivity contribution in [3.63, 3.8) is 0 Å². The van der Waals surface area contributed by atoms with Gasteiger partial charge in [0.1, 0.15) is 12.1 Å². The number of ether oxygens (including phenoxy) is 2. The van der Waals surface area contributed by atoms with Gasteiger partial charge >= 0.3 is 0 Å². The van der Waals surface area contributed by atoms with Gasteiger partial charge in [-0.05, 0) is 0 Å². The van der Waals surface area contributed by atoms with Crippen LogP contribution in [0.4, 0.5) is 5.82 Å². The first-order chi connectivity index (χ1) is 10.7. The zero-order chi connectivity index (χ0) is 15.2. The molecule has 116 valence electrons. The van der Waals surface area contributed by atoms with Crippen molar-refractivity contribution in [2.45, 2.75) is 12.3 Å². The van der Waals surface area contributed by atoms with Crippen LogP contribution in [0.3, 0.4) is 0 Å². The molecule has 4 rings (SSSR count). The van der Waals surface area contributed by atoms with Gasteiger partial charge in [-0.15, -0.1) is 10.2 Å². The molecule has 0 N–H and O–H groups in total. The van der Waals surface area contributed by atoms with Crippen molar-refractivity contribution in [3.8, 4) is 5.88 Å². The molecule has 0 unspecified atom stereocenters. The minimum Gasteiger partial charge on any atom is -0.481 e. The molecule has 0 bridgehead atoms. The van der Waals surface area contributed by atoms with E-state index in [0.717, 1.165) is 18.9 Å². The van der Waals surface area contributed by atoms with E-state index in [1.807, 2.05) is 6.07 Å². The second-order valence-electron chi connectivity index (χ2n) is 5.79. The fourth-order valence-corrected chi connectivity index (χ4v) is 3.32. The molecule has 2 saturated heterocycles. The summed E-state index contributed by atoms with van der Waals surface area (Å²) in [5.41, 5.74) is -0.251. The summed E-state index contributed by atoms with van der Waals surface area (Å²) in [6.07, 6.45) is 1.52. The van der Waals surface area contributed by atoms with Crippen molar-refractivity contribution in [3.05, 3.63) is 24.2 Å². The van der Waals surface area contributed by atoms with E-state index in [0.29, 0.717) is 36.8 Å². The summed E-state index contributed by atoms with van der Waals surface area (Å²) in [5, 5.41) is 8.22. The van der Waals surface area contributed by atoms with Gasteiger partial charge in [-0.1, -0.05) is 0 Å². The van der Waals surface area contributed by atoms with E-state index < -0.39 is 0 Å². The standard InChI is InChI=1S/C14H17N5O3/c1-9-17-18-13(22-9)14-6-19(4-10(14)5-21-7-14)11-3-12(20-2)16-8-15-11/h3,8,10H,4-7H2,1-2H3/t10-,14-/m1/s1. The Hall–Kier alpha value is -2.22. The maximum atomic E-state index is 5.71. The Labute approximate surface area is 127 Å². The summed E-state index contributed by atoms with van der Waals surface area (Å²) in [5.74, 6) is 2.96. The minimum atomic E-state index is -0.251. The van der Waals surface area contributed by atoms with Crippen molar-refractivity contribution >= 4 is 5.82 Å². The molecule has 8 heteroatoms. The highest BCUT2D eigenvalue weighted by molar-refractivity contribution is 5.45. The SMILES string of the molecule is COc1cc(N2C[C@@H]3COC[C@]3(c3nnc(C)o3)C2)ncn1. The lowest BCUT2D eigenvalue weighted by Gasteiger charge is -2.23. The van der Waals surface area contributed by atoms with Crippen LogP contribution in [0.25, 0.3) is 0 Å². The third kappa shape index (κ3) is 1.94. The highest BCUT2D eigenvalue weighted by atomic mass is 16.5. The first kappa shape index (κ1) is 13.4. The third-order valence-electron chi connectivity index (χ3n) is 4.49. The van der Waals surface area contributed by atoms with Gasteiger partial charge in [0, 0.05) is 32.0 Å². The van der Waals surface area contributed by atoms with E-state index in [4.69, 9.17) is 13.9 Å². The predicted octanol–water partition coefficient (Wildman–Crippen LogP) is 0.581. The molecule has 0 aliphatic carbocycles. The highest BCUT2D eigenvalue weighted by Crippen LogP contribution is 2.44. The summed E-state index contributed by atoms with van der Waals surface area (Å²) in [6.45, 7) is 4.67. The molecule has 0 spiro atoms. The predicted molar refractivity (Wildman–Crippen MR) is 75.8 cm³/mol. The second-order valence-corrected chi connectivity index (χ2v) is 5.79. The van der Waals surface area contributed by atoms with Crippen LogP contribution in [0.1, 0.15) is 11.8 Å². The summed E-state index contributed by atoms with van der Waals surface area (Å²) >= 11 is 0. The number of methoxy groups -OCH3 is 1. The van der Waals surface area contributed by atoms with E-state index in [9.17, 15) is 0 Å². The fourth-order valence-electron chi connectivity index (χ4n) is 3.32. The van der Waals surface area contributed by atoms with Crippen LogP contribution < -0.4 is 9.64 Å². The van der Waals surface area contributed by atoms with Crippen LogP contribution in [0.15, 0.2) is 16.8 Å². The number of hydrogen-bond acceptors (Lipinski definition) is 8. The van der Waals surface area contributed by atoms with Crippen molar-refractivity contribution in [1.29, 1.82) is 0 Å². The zero-order valence-electron chi connectivity index (χ0n) is 12.5. The molecule has 2 aliphatic rings. The number of fused-ring (bicyclic) bond motifs is 1. The summed E-state index contributed by atoms with van der Waals surface area (Å²) in [6, 6.07) is 1.84. The normalized spacial score (nSPS) is 27.2. The molecule has 2 aromatic heterocycles. The number of hydrogen-bond donors (Lipinski definition) is 0. The van der Waals surface area contributed by atoms with E-state index in [1.54, 1.807) is 14.0 Å². The first-order valence-corrected chi connectivity index (χ1v) is 7.20. The number of rotatable bonds is 3. The molecule has 0 aromatic carbocycles. The highest BCUT2D eigenvalue weighted by Gasteiger charge is 2.55. The van der Waals surface area contributed by atoms with Gasteiger partial charge in [-0.2, -0.15) is 0 Å². The number of aryl methyl sites for hydroxylation is 1. The zero-order valence-corrected chi connectivity index (χ0v) is 12.5. The molecule has 2 aliphatic heterocycles. The second kappa shape index (κ2) is 4.91. The molecule has 2 atom stereocenters. The van der Waals surface area contributed by atoms with Crippen LogP contribution in [-0.2, 0) is 10.2 Å². The lowest BCUT2D eigenvalue weighted by atomic mass is 9.81. The Morgan fingerprint density at radius 2 is 2.27 bits per heavy atom. The molecular formula is C14H17N5O3. The van der Waals surface area contributed by atoms with Crippen molar-refractivity contribution in [1.82, 2.24) is 20.2 Å². The summed E-state index contributed by atoms with van der Waals surface area (Å²) < 4.78 is 16.6. The van der Waals surface area contributed by atoms with Crippen LogP contribution in [-0.4, -0.2) is 53.6 Å². The van der Waals surface area contributed by atoms with E-state index in [-0.39, 0.29) is 5.41 Å². The average Bonchev–Trinajstić information content (AvgIpc) is 3.20. The molecule has 8 nitrogen and oxygen atoms in total. The van der Waals surface area contributed by atoms with Crippen LogP contribution in [0, 0.1) is 12.8 Å². The molecule has 2 aromatic rings. The van der Waals surface area contributed by atoms with Gasteiger partial charge in [0.05, 0.1) is 25.7 Å². The maximum Gasteiger partial charge on any atom is 0.227 e. The van der Waals surface area contributed by atoms with E-state index in [2.05, 4.69) is 25.1 Å². The number of anilines is 1. The van der Waals surface area contributed by atoms with E-state index >= 15 is 0 Å².